The van der Waals surface area contributed by atoms with Gasteiger partial charge >= 0.3 is 5.97 Å². The van der Waals surface area contributed by atoms with E-state index in [1.807, 2.05) is 24.3 Å². The minimum absolute atomic E-state index is 0.0392. The lowest BCUT2D eigenvalue weighted by atomic mass is 10.2. The van der Waals surface area contributed by atoms with Crippen LogP contribution in [0.2, 0.25) is 0 Å². The highest BCUT2D eigenvalue weighted by Crippen LogP contribution is 2.21. The zero-order valence-corrected chi connectivity index (χ0v) is 18.1. The number of carbonyl (C=O) groups is 1. The molecule has 0 amide bonds. The average molecular weight is 441 g/mol. The van der Waals surface area contributed by atoms with Crippen molar-refractivity contribution < 1.29 is 19.0 Å². The summed E-state index contributed by atoms with van der Waals surface area (Å²) in [5.41, 5.74) is 1.08. The molecule has 31 heavy (non-hydrogen) atoms. The first-order valence-electron chi connectivity index (χ1n) is 10.2. The molecule has 0 spiro atoms. The van der Waals surface area contributed by atoms with Gasteiger partial charge in [-0.25, -0.2) is 9.78 Å². The maximum absolute atomic E-state index is 13.1. The largest absolute Gasteiger partial charge is 0.493 e. The van der Waals surface area contributed by atoms with Crippen molar-refractivity contribution in [1.29, 1.82) is 0 Å². The van der Waals surface area contributed by atoms with E-state index in [4.69, 9.17) is 19.2 Å². The van der Waals surface area contributed by atoms with E-state index in [-0.39, 0.29) is 11.7 Å². The molecule has 1 aliphatic heterocycles. The van der Waals surface area contributed by atoms with Crippen LogP contribution in [-0.4, -0.2) is 47.7 Å². The lowest BCUT2D eigenvalue weighted by molar-refractivity contribution is 0.0600. The number of hydrogen-bond acceptors (Lipinski definition) is 7. The molecule has 2 heterocycles. The second kappa shape index (κ2) is 9.98. The smallest absolute Gasteiger partial charge is 0.337 e. The SMILES string of the molecule is COC(=O)c1cccc(OCCSc2nc3ccccc3c(=O)n2CC2CCCO2)c1. The summed E-state index contributed by atoms with van der Waals surface area (Å²) in [4.78, 5) is 29.5. The topological polar surface area (TPSA) is 79.7 Å². The van der Waals surface area contributed by atoms with E-state index in [2.05, 4.69) is 0 Å². The average Bonchev–Trinajstić information content (AvgIpc) is 3.32. The van der Waals surface area contributed by atoms with Gasteiger partial charge < -0.3 is 14.2 Å². The minimum atomic E-state index is -0.404. The Labute approximate surface area is 184 Å². The predicted molar refractivity (Wildman–Crippen MR) is 119 cm³/mol. The van der Waals surface area contributed by atoms with E-state index in [1.54, 1.807) is 28.8 Å². The number of esters is 1. The van der Waals surface area contributed by atoms with Gasteiger partial charge in [-0.1, -0.05) is 30.0 Å². The molecular weight excluding hydrogens is 416 g/mol. The quantitative estimate of drug-likeness (QED) is 0.229. The summed E-state index contributed by atoms with van der Waals surface area (Å²) in [7, 11) is 1.35. The first-order chi connectivity index (χ1) is 15.2. The normalized spacial score (nSPS) is 15.8. The van der Waals surface area contributed by atoms with Crippen LogP contribution >= 0.6 is 11.8 Å². The fraction of sp³-hybridized carbons (Fsp3) is 0.348. The Morgan fingerprint density at radius 3 is 2.94 bits per heavy atom. The highest BCUT2D eigenvalue weighted by molar-refractivity contribution is 7.99. The van der Waals surface area contributed by atoms with Crippen molar-refractivity contribution in [3.8, 4) is 5.75 Å². The molecule has 1 atom stereocenters. The Morgan fingerprint density at radius 1 is 1.26 bits per heavy atom. The summed E-state index contributed by atoms with van der Waals surface area (Å²) in [5.74, 6) is 0.781. The summed E-state index contributed by atoms with van der Waals surface area (Å²) in [6.07, 6.45) is 2.00. The van der Waals surface area contributed by atoms with Crippen molar-refractivity contribution in [2.75, 3.05) is 26.1 Å². The summed E-state index contributed by atoms with van der Waals surface area (Å²) < 4.78 is 18.0. The van der Waals surface area contributed by atoms with E-state index in [1.165, 1.54) is 18.9 Å². The van der Waals surface area contributed by atoms with Gasteiger partial charge in [0.25, 0.3) is 5.56 Å². The van der Waals surface area contributed by atoms with Gasteiger partial charge in [0.2, 0.25) is 0 Å². The number of rotatable bonds is 8. The van der Waals surface area contributed by atoms with Crippen molar-refractivity contribution >= 4 is 28.6 Å². The van der Waals surface area contributed by atoms with Gasteiger partial charge in [-0.2, -0.15) is 0 Å². The molecule has 0 aliphatic carbocycles. The summed E-state index contributed by atoms with van der Waals surface area (Å²) >= 11 is 1.47. The van der Waals surface area contributed by atoms with E-state index in [0.29, 0.717) is 46.3 Å². The molecule has 7 nitrogen and oxygen atoms in total. The number of aromatic nitrogens is 2. The van der Waals surface area contributed by atoms with Crippen molar-refractivity contribution in [2.45, 2.75) is 30.6 Å². The Hall–Kier alpha value is -2.84. The van der Waals surface area contributed by atoms with Crippen LogP contribution in [0.4, 0.5) is 0 Å². The lowest BCUT2D eigenvalue weighted by Gasteiger charge is -2.16. The molecule has 1 aliphatic rings. The van der Waals surface area contributed by atoms with Crippen molar-refractivity contribution in [2.24, 2.45) is 0 Å². The number of para-hydroxylation sites is 1. The number of thioether (sulfide) groups is 1. The van der Waals surface area contributed by atoms with Crippen LogP contribution in [0.25, 0.3) is 10.9 Å². The second-order valence-corrected chi connectivity index (χ2v) is 8.24. The summed E-state index contributed by atoms with van der Waals surface area (Å²) in [5, 5.41) is 1.27. The molecule has 3 aromatic rings. The Bertz CT molecular complexity index is 1120. The van der Waals surface area contributed by atoms with Crippen LogP contribution in [0.5, 0.6) is 5.75 Å². The molecule has 0 saturated carbocycles. The molecule has 0 bridgehead atoms. The number of nitrogens with zero attached hydrogens (tertiary/aromatic N) is 2. The number of benzene rings is 2. The highest BCUT2D eigenvalue weighted by atomic mass is 32.2. The Balaban J connectivity index is 1.47. The number of ether oxygens (including phenoxy) is 3. The molecule has 162 valence electrons. The van der Waals surface area contributed by atoms with Crippen LogP contribution in [-0.2, 0) is 16.0 Å². The zero-order valence-electron chi connectivity index (χ0n) is 17.3. The third kappa shape index (κ3) is 5.08. The first-order valence-corrected chi connectivity index (χ1v) is 11.2. The highest BCUT2D eigenvalue weighted by Gasteiger charge is 2.20. The van der Waals surface area contributed by atoms with Gasteiger partial charge in [-0.3, -0.25) is 9.36 Å². The minimum Gasteiger partial charge on any atom is -0.493 e. The number of carbonyl (C=O) groups excluding carboxylic acids is 1. The molecule has 0 radical (unpaired) electrons. The summed E-state index contributed by atoms with van der Waals surface area (Å²) in [6.45, 7) is 1.64. The van der Waals surface area contributed by atoms with Crippen molar-refractivity contribution in [3.05, 3.63) is 64.4 Å². The van der Waals surface area contributed by atoms with Crippen LogP contribution in [0, 0.1) is 0 Å². The maximum atomic E-state index is 13.1. The van der Waals surface area contributed by atoms with Gasteiger partial charge in [0, 0.05) is 12.4 Å². The lowest BCUT2D eigenvalue weighted by Crippen LogP contribution is -2.29. The molecule has 1 aromatic heterocycles. The fourth-order valence-corrected chi connectivity index (χ4v) is 4.36. The van der Waals surface area contributed by atoms with E-state index in [0.717, 1.165) is 19.4 Å². The van der Waals surface area contributed by atoms with Crippen LogP contribution < -0.4 is 10.3 Å². The van der Waals surface area contributed by atoms with Gasteiger partial charge in [-0.15, -0.1) is 0 Å². The van der Waals surface area contributed by atoms with Gasteiger partial charge in [-0.05, 0) is 43.2 Å². The zero-order chi connectivity index (χ0) is 21.6. The predicted octanol–water partition coefficient (Wildman–Crippen LogP) is 3.53. The molecule has 4 rings (SSSR count). The maximum Gasteiger partial charge on any atom is 0.337 e. The number of hydrogen-bond donors (Lipinski definition) is 0. The number of methoxy groups -OCH3 is 1. The van der Waals surface area contributed by atoms with Gasteiger partial charge in [0.05, 0.1) is 42.8 Å². The molecule has 1 unspecified atom stereocenters. The molecule has 2 aromatic carbocycles. The standard InChI is InChI=1S/C23H24N2O5S/c1-28-22(27)16-6-4-7-17(14-16)30-12-13-31-23-24-20-10-3-2-9-19(20)21(26)25(23)15-18-8-5-11-29-18/h2-4,6-7,9-10,14,18H,5,8,11-13,15H2,1H3. The van der Waals surface area contributed by atoms with E-state index in [9.17, 15) is 9.59 Å². The third-order valence-corrected chi connectivity index (χ3v) is 6.02. The molecular formula is C23H24N2O5S. The molecule has 8 heteroatoms. The number of fused-ring (bicyclic) bond motifs is 1. The van der Waals surface area contributed by atoms with E-state index >= 15 is 0 Å². The van der Waals surface area contributed by atoms with E-state index < -0.39 is 5.97 Å². The Morgan fingerprint density at radius 2 is 2.13 bits per heavy atom. The van der Waals surface area contributed by atoms with Crippen LogP contribution in [0.3, 0.4) is 0 Å². The first kappa shape index (κ1) is 21.4. The molecule has 1 fully saturated rings. The van der Waals surface area contributed by atoms with Crippen molar-refractivity contribution in [3.63, 3.8) is 0 Å². The molecule has 1 saturated heterocycles. The third-order valence-electron chi connectivity index (χ3n) is 5.08. The summed E-state index contributed by atoms with van der Waals surface area (Å²) in [6, 6.07) is 14.3. The fourth-order valence-electron chi connectivity index (χ4n) is 3.53. The van der Waals surface area contributed by atoms with Crippen molar-refractivity contribution in [1.82, 2.24) is 9.55 Å². The van der Waals surface area contributed by atoms with Crippen LogP contribution in [0.15, 0.2) is 58.5 Å². The molecule has 0 N–H and O–H groups in total. The van der Waals surface area contributed by atoms with Gasteiger partial charge in [0.1, 0.15) is 5.75 Å². The van der Waals surface area contributed by atoms with Gasteiger partial charge in [0.15, 0.2) is 5.16 Å². The second-order valence-electron chi connectivity index (χ2n) is 7.18. The van der Waals surface area contributed by atoms with Crippen LogP contribution in [0.1, 0.15) is 23.2 Å². The monoisotopic (exact) mass is 440 g/mol. The Kier molecular flexibility index (Phi) is 6.89.